The zero-order valence-electron chi connectivity index (χ0n) is 1.80. The number of hydrogen-bond acceptors (Lipinski definition) is 3. The van der Waals surface area contributed by atoms with Crippen molar-refractivity contribution in [3.05, 3.63) is 0 Å². The first-order valence-corrected chi connectivity index (χ1v) is 0.365. The summed E-state index contributed by atoms with van der Waals surface area (Å²) >= 11 is 0. The monoisotopic (exact) mass is 190 g/mol. The normalized spacial score (nSPS) is 4.50. The van der Waals surface area contributed by atoms with Crippen molar-refractivity contribution in [2.75, 3.05) is 0 Å². The van der Waals surface area contributed by atoms with E-state index < -0.39 is 0 Å². The molecular formula is H2CeO3+3. The number of rotatable bonds is 0. The zero-order chi connectivity index (χ0) is 2.71. The van der Waals surface area contributed by atoms with E-state index >= 15 is 0 Å². The molecule has 0 unspecified atom stereocenters. The summed E-state index contributed by atoms with van der Waals surface area (Å²) in [5.41, 5.74) is 0. The van der Waals surface area contributed by atoms with Gasteiger partial charge in [-0.05, 0) is 0 Å². The van der Waals surface area contributed by atoms with Crippen LogP contribution in [0.5, 0.6) is 0 Å². The Morgan fingerprint density at radius 3 is 1.25 bits per heavy atom. The molecular weight excluding hydrogens is 188 g/mol. The first kappa shape index (κ1) is 8.98. The molecule has 2 N–H and O–H groups in total. The van der Waals surface area contributed by atoms with Crippen molar-refractivity contribution in [2.45, 2.75) is 0 Å². The van der Waals surface area contributed by atoms with Crippen LogP contribution in [0, 0.1) is 41.7 Å². The van der Waals surface area contributed by atoms with Gasteiger partial charge < -0.3 is 0 Å². The van der Waals surface area contributed by atoms with Crippen molar-refractivity contribution < 1.29 is 57.3 Å². The second-order valence-corrected chi connectivity index (χ2v) is 0.0816. The van der Waals surface area contributed by atoms with Gasteiger partial charge in [0.1, 0.15) is 0 Å². The van der Waals surface area contributed by atoms with Crippen molar-refractivity contribution in [1.29, 1.82) is 0 Å². The molecule has 0 aromatic carbocycles. The molecule has 0 amide bonds. The van der Waals surface area contributed by atoms with E-state index in [4.69, 9.17) is 10.5 Å². The first-order valence-electron chi connectivity index (χ1n) is 0.365. The molecule has 0 aliphatic carbocycles. The standard InChI is InChI=1S/Ce.H2O3/c;1-3-2/h;1-2H/q+3;. The molecule has 4 heteroatoms. The van der Waals surface area contributed by atoms with E-state index in [1.165, 1.54) is 0 Å². The molecule has 0 aliphatic rings. The van der Waals surface area contributed by atoms with Crippen molar-refractivity contribution in [2.24, 2.45) is 0 Å². The molecule has 0 heterocycles. The van der Waals surface area contributed by atoms with E-state index in [1.807, 2.05) is 0 Å². The molecule has 0 aliphatic heterocycles. The van der Waals surface area contributed by atoms with E-state index in [9.17, 15) is 0 Å². The van der Waals surface area contributed by atoms with Crippen LogP contribution in [0.3, 0.4) is 0 Å². The maximum Gasteiger partial charge on any atom is 3.00 e. The van der Waals surface area contributed by atoms with E-state index in [1.54, 1.807) is 0 Å². The smallest absolute Gasteiger partial charge is 0.221 e. The minimum atomic E-state index is 0. The molecule has 0 aromatic heterocycles. The third-order valence-electron chi connectivity index (χ3n) is 0. The second kappa shape index (κ2) is 8.87. The molecule has 21 valence electrons. The molecule has 0 fully saturated rings. The fourth-order valence-corrected chi connectivity index (χ4v) is 0. The Labute approximate surface area is 56.8 Å². The summed E-state index contributed by atoms with van der Waals surface area (Å²) in [4.78, 5) is 0. The molecule has 1 radical (unpaired) electrons. The van der Waals surface area contributed by atoms with Crippen LogP contribution in [0.2, 0.25) is 0 Å². The quantitative estimate of drug-likeness (QED) is 0.416. The predicted octanol–water partition coefficient (Wildman–Crippen LogP) is -0.0510. The second-order valence-electron chi connectivity index (χ2n) is 0.0816. The Balaban J connectivity index is 0. The summed E-state index contributed by atoms with van der Waals surface area (Å²) in [6, 6.07) is 0. The average Bonchev–Trinajstić information content (AvgIpc) is 0.918. The minimum absolute atomic E-state index is 0. The topological polar surface area (TPSA) is 49.7 Å². The van der Waals surface area contributed by atoms with Crippen LogP contribution in [0.25, 0.3) is 0 Å². The molecule has 0 rings (SSSR count). The predicted molar refractivity (Wildman–Crippen MR) is 6.34 cm³/mol. The van der Waals surface area contributed by atoms with Gasteiger partial charge in [0.05, 0.1) is 0 Å². The van der Waals surface area contributed by atoms with E-state index in [-0.39, 0.29) is 41.7 Å². The SMILES string of the molecule is OOO.[Ce+3]. The summed E-state index contributed by atoms with van der Waals surface area (Å²) in [5.74, 6) is 0. The molecule has 0 saturated heterocycles. The molecule has 0 aromatic rings. The molecule has 0 atom stereocenters. The fourth-order valence-electron chi connectivity index (χ4n) is 0. The molecule has 3 nitrogen and oxygen atoms in total. The van der Waals surface area contributed by atoms with Gasteiger partial charge in [-0.1, -0.05) is 5.04 Å². The van der Waals surface area contributed by atoms with Crippen LogP contribution in [0.15, 0.2) is 0 Å². The summed E-state index contributed by atoms with van der Waals surface area (Å²) in [7, 11) is 0. The van der Waals surface area contributed by atoms with Crippen LogP contribution in [-0.4, -0.2) is 10.5 Å². The van der Waals surface area contributed by atoms with E-state index in [0.717, 1.165) is 0 Å². The van der Waals surface area contributed by atoms with Crippen molar-refractivity contribution in [1.82, 2.24) is 0 Å². The Bertz CT molecular complexity index is 3.25. The minimum Gasteiger partial charge on any atom is -0.221 e. The van der Waals surface area contributed by atoms with Crippen LogP contribution in [0.4, 0.5) is 0 Å². The van der Waals surface area contributed by atoms with Gasteiger partial charge in [-0.3, -0.25) is 0 Å². The van der Waals surface area contributed by atoms with Gasteiger partial charge in [0, 0.05) is 0 Å². The van der Waals surface area contributed by atoms with Crippen LogP contribution < -0.4 is 0 Å². The largest absolute Gasteiger partial charge is 3.00 e. The molecule has 0 spiro atoms. The van der Waals surface area contributed by atoms with Crippen molar-refractivity contribution in [3.63, 3.8) is 0 Å². The Hall–Kier alpha value is 1.26. The third kappa shape index (κ3) is 10.5. The van der Waals surface area contributed by atoms with Crippen LogP contribution >= 0.6 is 0 Å². The van der Waals surface area contributed by atoms with E-state index in [2.05, 4.69) is 5.04 Å². The summed E-state index contributed by atoms with van der Waals surface area (Å²) in [6.07, 6.45) is 0. The average molecular weight is 190 g/mol. The van der Waals surface area contributed by atoms with Crippen LogP contribution in [0.1, 0.15) is 0 Å². The van der Waals surface area contributed by atoms with Gasteiger partial charge in [-0.15, -0.1) is 0 Å². The summed E-state index contributed by atoms with van der Waals surface area (Å²) < 4.78 is 0. The zero-order valence-corrected chi connectivity index (χ0v) is 4.94. The summed E-state index contributed by atoms with van der Waals surface area (Å²) in [6.45, 7) is 0. The van der Waals surface area contributed by atoms with E-state index in [0.29, 0.717) is 0 Å². The van der Waals surface area contributed by atoms with Crippen molar-refractivity contribution in [3.8, 4) is 0 Å². The fraction of sp³-hybridized carbons (Fsp3) is 0. The molecule has 0 bridgehead atoms. The van der Waals surface area contributed by atoms with Crippen molar-refractivity contribution >= 4 is 0 Å². The van der Waals surface area contributed by atoms with Gasteiger partial charge in [-0.25, -0.2) is 10.5 Å². The first-order chi connectivity index (χ1) is 1.41. The van der Waals surface area contributed by atoms with Gasteiger partial charge in [0.25, 0.3) is 0 Å². The third-order valence-corrected chi connectivity index (χ3v) is 0. The maximum absolute atomic E-state index is 6.62. The van der Waals surface area contributed by atoms with Gasteiger partial charge in [0.2, 0.25) is 0 Å². The van der Waals surface area contributed by atoms with Crippen LogP contribution in [-0.2, 0) is 5.04 Å². The Kier molecular flexibility index (Phi) is 19.9. The Morgan fingerprint density at radius 2 is 1.25 bits per heavy atom. The van der Waals surface area contributed by atoms with Gasteiger partial charge in [-0.2, -0.15) is 0 Å². The molecule has 4 heavy (non-hydrogen) atoms. The van der Waals surface area contributed by atoms with Gasteiger partial charge >= 0.3 is 41.7 Å². The Morgan fingerprint density at radius 1 is 1.25 bits per heavy atom. The maximum atomic E-state index is 6.62. The number of hydrogen-bond donors (Lipinski definition) is 2. The van der Waals surface area contributed by atoms with Gasteiger partial charge in [0.15, 0.2) is 0 Å². The molecule has 0 saturated carbocycles. The summed E-state index contributed by atoms with van der Waals surface area (Å²) in [5, 5.41) is 15.5.